The maximum atomic E-state index is 12.8. The lowest BCUT2D eigenvalue weighted by Crippen LogP contribution is -2.12. The van der Waals surface area contributed by atoms with Gasteiger partial charge in [-0.3, -0.25) is 10.1 Å². The van der Waals surface area contributed by atoms with Gasteiger partial charge >= 0.3 is 11.9 Å². The van der Waals surface area contributed by atoms with Crippen LogP contribution in [0.4, 0.5) is 36.3 Å². The summed E-state index contributed by atoms with van der Waals surface area (Å²) in [5.74, 6) is -0.558. The van der Waals surface area contributed by atoms with E-state index >= 15 is 0 Å². The zero-order valence-corrected chi connectivity index (χ0v) is 16.1. The molecule has 0 aliphatic heterocycles. The third-order valence-corrected chi connectivity index (χ3v) is 4.35. The Balaban J connectivity index is 1.93. The zero-order valence-electron chi connectivity index (χ0n) is 15.3. The molecule has 3 aromatic rings. The minimum absolute atomic E-state index is 0.0723. The molecule has 1 atom stereocenters. The summed E-state index contributed by atoms with van der Waals surface area (Å²) < 4.78 is 38.3. The Hall–Kier alpha value is -3.47. The molecule has 2 N–H and O–H groups in total. The zero-order chi connectivity index (χ0) is 21.9. The number of aromatic nitrogens is 3. The predicted octanol–water partition coefficient (Wildman–Crippen LogP) is 5.37. The monoisotopic (exact) mass is 438 g/mol. The van der Waals surface area contributed by atoms with Crippen LogP contribution >= 0.6 is 11.6 Å². The molecule has 0 fully saturated rings. The number of nitrogens with zero attached hydrogens (tertiary/aromatic N) is 4. The van der Waals surface area contributed by atoms with E-state index in [1.165, 1.54) is 0 Å². The second-order valence-corrected chi connectivity index (χ2v) is 6.54. The van der Waals surface area contributed by atoms with Gasteiger partial charge in [0, 0.05) is 6.20 Å². The van der Waals surface area contributed by atoms with Crippen molar-refractivity contribution in [3.05, 3.63) is 75.2 Å². The van der Waals surface area contributed by atoms with Crippen LogP contribution in [0, 0.1) is 10.1 Å². The molecule has 0 saturated heterocycles. The number of halogens is 4. The van der Waals surface area contributed by atoms with Crippen LogP contribution in [0.5, 0.6) is 0 Å². The van der Waals surface area contributed by atoms with Gasteiger partial charge in [-0.15, -0.1) is 0 Å². The van der Waals surface area contributed by atoms with Crippen LogP contribution in [0.2, 0.25) is 5.02 Å². The maximum absolute atomic E-state index is 12.8. The molecule has 30 heavy (non-hydrogen) atoms. The van der Waals surface area contributed by atoms with Gasteiger partial charge in [-0.05, 0) is 18.6 Å². The Morgan fingerprint density at radius 1 is 1.10 bits per heavy atom. The van der Waals surface area contributed by atoms with E-state index in [-0.39, 0.29) is 28.5 Å². The molecule has 1 aromatic carbocycles. The summed E-state index contributed by atoms with van der Waals surface area (Å²) in [5.41, 5.74) is -0.681. The van der Waals surface area contributed by atoms with Crippen molar-refractivity contribution >= 4 is 34.7 Å². The lowest BCUT2D eigenvalue weighted by Gasteiger charge is -2.16. The molecule has 2 heterocycles. The first kappa shape index (κ1) is 21.2. The normalized spacial score (nSPS) is 12.3. The highest BCUT2D eigenvalue weighted by Gasteiger charge is 2.32. The largest absolute Gasteiger partial charge is 0.417 e. The first-order chi connectivity index (χ1) is 14.2. The van der Waals surface area contributed by atoms with Crippen molar-refractivity contribution < 1.29 is 18.1 Å². The molecule has 3 rings (SSSR count). The number of benzene rings is 1. The van der Waals surface area contributed by atoms with E-state index in [0.717, 1.165) is 11.9 Å². The Morgan fingerprint density at radius 2 is 1.77 bits per heavy atom. The third kappa shape index (κ3) is 4.74. The van der Waals surface area contributed by atoms with Crippen LogP contribution < -0.4 is 10.6 Å². The van der Waals surface area contributed by atoms with Crippen LogP contribution in [0.15, 0.2) is 48.9 Å². The SMILES string of the molecule is CC(Nc1ncnc(Nc2ncc(C(F)(F)F)cc2Cl)c1[N+](=O)[O-])c1ccccc1. The lowest BCUT2D eigenvalue weighted by molar-refractivity contribution is -0.383. The summed E-state index contributed by atoms with van der Waals surface area (Å²) in [5, 5.41) is 16.7. The molecule has 0 aliphatic carbocycles. The second kappa shape index (κ2) is 8.49. The molecular weight excluding hydrogens is 425 g/mol. The van der Waals surface area contributed by atoms with Gasteiger partial charge < -0.3 is 10.6 Å². The van der Waals surface area contributed by atoms with Crippen LogP contribution in [0.25, 0.3) is 0 Å². The van der Waals surface area contributed by atoms with Gasteiger partial charge in [0.1, 0.15) is 6.33 Å². The predicted molar refractivity (Wildman–Crippen MR) is 105 cm³/mol. The van der Waals surface area contributed by atoms with E-state index in [9.17, 15) is 23.3 Å². The molecule has 0 aliphatic rings. The molecule has 8 nitrogen and oxygen atoms in total. The first-order valence-corrected chi connectivity index (χ1v) is 8.85. The Kier molecular flexibility index (Phi) is 6.01. The molecular formula is C18H14ClF3N6O2. The first-order valence-electron chi connectivity index (χ1n) is 8.47. The molecule has 0 radical (unpaired) electrons. The summed E-state index contributed by atoms with van der Waals surface area (Å²) in [6.45, 7) is 1.79. The Labute approximate surface area is 173 Å². The van der Waals surface area contributed by atoms with E-state index < -0.39 is 22.4 Å². The van der Waals surface area contributed by atoms with Gasteiger partial charge in [0.15, 0.2) is 5.82 Å². The lowest BCUT2D eigenvalue weighted by atomic mass is 10.1. The average molecular weight is 439 g/mol. The van der Waals surface area contributed by atoms with Crippen LogP contribution in [0.3, 0.4) is 0 Å². The number of anilines is 3. The number of pyridine rings is 1. The summed E-state index contributed by atoms with van der Waals surface area (Å²) in [4.78, 5) is 22.3. The molecule has 1 unspecified atom stereocenters. The highest BCUT2D eigenvalue weighted by atomic mass is 35.5. The molecule has 0 bridgehead atoms. The topological polar surface area (TPSA) is 106 Å². The van der Waals surface area contributed by atoms with Crippen LogP contribution in [-0.4, -0.2) is 19.9 Å². The van der Waals surface area contributed by atoms with Crippen molar-refractivity contribution in [1.82, 2.24) is 15.0 Å². The minimum Gasteiger partial charge on any atom is -0.358 e. The average Bonchev–Trinajstić information content (AvgIpc) is 2.69. The van der Waals surface area contributed by atoms with E-state index in [4.69, 9.17) is 11.6 Å². The summed E-state index contributed by atoms with van der Waals surface area (Å²) in [6, 6.07) is 9.53. The Bertz CT molecular complexity index is 1070. The molecule has 156 valence electrons. The van der Waals surface area contributed by atoms with Gasteiger partial charge in [-0.1, -0.05) is 41.9 Å². The van der Waals surface area contributed by atoms with Crippen molar-refractivity contribution in [2.45, 2.75) is 19.1 Å². The molecule has 0 saturated carbocycles. The van der Waals surface area contributed by atoms with E-state index in [1.807, 2.05) is 30.3 Å². The van der Waals surface area contributed by atoms with E-state index in [1.54, 1.807) is 6.92 Å². The smallest absolute Gasteiger partial charge is 0.358 e. The summed E-state index contributed by atoms with van der Waals surface area (Å²) in [7, 11) is 0. The van der Waals surface area contributed by atoms with Gasteiger partial charge in [-0.2, -0.15) is 13.2 Å². The number of alkyl halides is 3. The third-order valence-electron chi connectivity index (χ3n) is 4.06. The quantitative estimate of drug-likeness (QED) is 0.393. The van der Waals surface area contributed by atoms with E-state index in [2.05, 4.69) is 25.6 Å². The number of rotatable bonds is 6. The Morgan fingerprint density at radius 3 is 2.37 bits per heavy atom. The van der Waals surface area contributed by atoms with Crippen molar-refractivity contribution in [3.8, 4) is 0 Å². The van der Waals surface area contributed by atoms with Crippen LogP contribution in [-0.2, 0) is 6.18 Å². The van der Waals surface area contributed by atoms with Gasteiger partial charge in [0.25, 0.3) is 0 Å². The van der Waals surface area contributed by atoms with Crippen molar-refractivity contribution in [1.29, 1.82) is 0 Å². The van der Waals surface area contributed by atoms with Crippen LogP contribution in [0.1, 0.15) is 24.1 Å². The number of nitro groups is 1. The second-order valence-electron chi connectivity index (χ2n) is 6.13. The fourth-order valence-electron chi connectivity index (χ4n) is 2.58. The van der Waals surface area contributed by atoms with Crippen molar-refractivity contribution in [3.63, 3.8) is 0 Å². The van der Waals surface area contributed by atoms with Crippen molar-refractivity contribution in [2.24, 2.45) is 0 Å². The van der Waals surface area contributed by atoms with Gasteiger partial charge in [0.05, 0.1) is 21.6 Å². The number of hydrogen-bond acceptors (Lipinski definition) is 7. The summed E-state index contributed by atoms with van der Waals surface area (Å²) >= 11 is 5.87. The molecule has 12 heteroatoms. The van der Waals surface area contributed by atoms with E-state index in [0.29, 0.717) is 12.3 Å². The standard InChI is InChI=1S/C18H14ClF3N6O2/c1-10(11-5-3-2-4-6-11)26-16-14(28(29)30)17(25-9-24-16)27-15-13(19)7-12(8-23-15)18(20,21)22/h2-10H,1H3,(H2,23,24,25,26,27). The summed E-state index contributed by atoms with van der Waals surface area (Å²) in [6.07, 6.45) is -2.98. The number of hydrogen-bond donors (Lipinski definition) is 2. The highest BCUT2D eigenvalue weighted by molar-refractivity contribution is 6.33. The highest BCUT2D eigenvalue weighted by Crippen LogP contribution is 2.36. The minimum atomic E-state index is -4.62. The van der Waals surface area contributed by atoms with Gasteiger partial charge in [-0.25, -0.2) is 15.0 Å². The van der Waals surface area contributed by atoms with Crippen molar-refractivity contribution in [2.75, 3.05) is 10.6 Å². The fourth-order valence-corrected chi connectivity index (χ4v) is 2.79. The molecule has 2 aromatic heterocycles. The van der Waals surface area contributed by atoms with Gasteiger partial charge in [0.2, 0.25) is 11.6 Å². The number of nitrogens with one attached hydrogen (secondary N) is 2. The fraction of sp³-hybridized carbons (Fsp3) is 0.167. The maximum Gasteiger partial charge on any atom is 0.417 e. The molecule has 0 amide bonds. The molecule has 0 spiro atoms.